The molecule has 0 saturated heterocycles. The van der Waals surface area contributed by atoms with Crippen molar-refractivity contribution in [3.63, 3.8) is 0 Å². The minimum absolute atomic E-state index is 0.785. The SMILES string of the molecule is COc1ccc2cc(CNc3cccnc3)ccc2c1. The van der Waals surface area contributed by atoms with Crippen LogP contribution in [0.3, 0.4) is 0 Å². The van der Waals surface area contributed by atoms with Crippen LogP contribution < -0.4 is 10.1 Å². The first-order valence-electron chi connectivity index (χ1n) is 6.56. The molecular weight excluding hydrogens is 248 g/mol. The lowest BCUT2D eigenvalue weighted by Gasteiger charge is -2.08. The summed E-state index contributed by atoms with van der Waals surface area (Å²) in [6, 6.07) is 16.5. The molecule has 1 heterocycles. The highest BCUT2D eigenvalue weighted by Gasteiger charge is 1.99. The molecule has 0 spiro atoms. The topological polar surface area (TPSA) is 34.1 Å². The van der Waals surface area contributed by atoms with Gasteiger partial charge in [0.2, 0.25) is 0 Å². The van der Waals surface area contributed by atoms with Gasteiger partial charge in [-0.3, -0.25) is 4.98 Å². The number of hydrogen-bond donors (Lipinski definition) is 1. The van der Waals surface area contributed by atoms with Crippen LogP contribution in [0.15, 0.2) is 60.9 Å². The Morgan fingerprint density at radius 2 is 1.90 bits per heavy atom. The molecule has 0 atom stereocenters. The van der Waals surface area contributed by atoms with Crippen LogP contribution in [0.2, 0.25) is 0 Å². The fourth-order valence-corrected chi connectivity index (χ4v) is 2.18. The molecule has 1 aromatic heterocycles. The van der Waals surface area contributed by atoms with E-state index in [1.165, 1.54) is 16.3 Å². The maximum Gasteiger partial charge on any atom is 0.119 e. The zero-order valence-electron chi connectivity index (χ0n) is 11.3. The first-order valence-corrected chi connectivity index (χ1v) is 6.56. The lowest BCUT2D eigenvalue weighted by atomic mass is 10.1. The Hall–Kier alpha value is -2.55. The molecule has 0 bridgehead atoms. The number of anilines is 1. The van der Waals surface area contributed by atoms with Crippen molar-refractivity contribution < 1.29 is 4.74 Å². The monoisotopic (exact) mass is 264 g/mol. The molecule has 0 aliphatic carbocycles. The third-order valence-electron chi connectivity index (χ3n) is 3.27. The van der Waals surface area contributed by atoms with Gasteiger partial charge in [0.05, 0.1) is 12.8 Å². The lowest BCUT2D eigenvalue weighted by molar-refractivity contribution is 0.415. The van der Waals surface area contributed by atoms with E-state index >= 15 is 0 Å². The second-order valence-corrected chi connectivity index (χ2v) is 4.64. The number of rotatable bonds is 4. The van der Waals surface area contributed by atoms with Crippen molar-refractivity contribution in [2.75, 3.05) is 12.4 Å². The van der Waals surface area contributed by atoms with E-state index in [2.05, 4.69) is 34.6 Å². The van der Waals surface area contributed by atoms with Gasteiger partial charge >= 0.3 is 0 Å². The van der Waals surface area contributed by atoms with Crippen molar-refractivity contribution in [3.8, 4) is 5.75 Å². The van der Waals surface area contributed by atoms with Gasteiger partial charge in [-0.2, -0.15) is 0 Å². The highest BCUT2D eigenvalue weighted by Crippen LogP contribution is 2.22. The van der Waals surface area contributed by atoms with Gasteiger partial charge in [-0.05, 0) is 46.7 Å². The number of methoxy groups -OCH3 is 1. The van der Waals surface area contributed by atoms with Gasteiger partial charge in [0.25, 0.3) is 0 Å². The Morgan fingerprint density at radius 1 is 1.05 bits per heavy atom. The molecule has 3 heteroatoms. The van der Waals surface area contributed by atoms with Gasteiger partial charge in [0, 0.05) is 18.9 Å². The largest absolute Gasteiger partial charge is 0.497 e. The van der Waals surface area contributed by atoms with Crippen LogP contribution in [0.4, 0.5) is 5.69 Å². The summed E-state index contributed by atoms with van der Waals surface area (Å²) in [5.41, 5.74) is 2.27. The Morgan fingerprint density at radius 3 is 2.70 bits per heavy atom. The summed E-state index contributed by atoms with van der Waals surface area (Å²) in [5.74, 6) is 0.888. The molecule has 0 radical (unpaired) electrons. The van der Waals surface area contributed by atoms with Gasteiger partial charge in [-0.1, -0.05) is 18.2 Å². The minimum Gasteiger partial charge on any atom is -0.497 e. The second-order valence-electron chi connectivity index (χ2n) is 4.64. The van der Waals surface area contributed by atoms with Crippen LogP contribution >= 0.6 is 0 Å². The molecule has 0 unspecified atom stereocenters. The third kappa shape index (κ3) is 2.72. The van der Waals surface area contributed by atoms with Gasteiger partial charge < -0.3 is 10.1 Å². The van der Waals surface area contributed by atoms with E-state index in [1.54, 1.807) is 13.3 Å². The van der Waals surface area contributed by atoms with Crippen LogP contribution in [0.25, 0.3) is 10.8 Å². The number of benzene rings is 2. The molecule has 0 amide bonds. The fraction of sp³-hybridized carbons (Fsp3) is 0.118. The lowest BCUT2D eigenvalue weighted by Crippen LogP contribution is -1.99. The molecule has 3 aromatic rings. The summed E-state index contributed by atoms with van der Waals surface area (Å²) >= 11 is 0. The van der Waals surface area contributed by atoms with E-state index in [-0.39, 0.29) is 0 Å². The van der Waals surface area contributed by atoms with Crippen LogP contribution in [-0.2, 0) is 6.54 Å². The molecule has 1 N–H and O–H groups in total. The molecule has 3 nitrogen and oxygen atoms in total. The summed E-state index contributed by atoms with van der Waals surface area (Å²) in [7, 11) is 1.69. The zero-order chi connectivity index (χ0) is 13.8. The molecule has 2 aromatic carbocycles. The number of aromatic nitrogens is 1. The number of pyridine rings is 1. The van der Waals surface area contributed by atoms with Gasteiger partial charge in [-0.15, -0.1) is 0 Å². The Labute approximate surface area is 118 Å². The average Bonchev–Trinajstić information content (AvgIpc) is 2.53. The molecule has 0 aliphatic rings. The fourth-order valence-electron chi connectivity index (χ4n) is 2.18. The van der Waals surface area contributed by atoms with Gasteiger partial charge in [0.15, 0.2) is 0 Å². The first kappa shape index (κ1) is 12.5. The first-order chi connectivity index (χ1) is 9.85. The maximum absolute atomic E-state index is 5.24. The number of ether oxygens (including phenoxy) is 1. The van der Waals surface area contributed by atoms with E-state index in [4.69, 9.17) is 4.74 Å². The summed E-state index contributed by atoms with van der Waals surface area (Å²) in [4.78, 5) is 4.09. The molecule has 100 valence electrons. The molecule has 3 rings (SSSR count). The smallest absolute Gasteiger partial charge is 0.119 e. The number of hydrogen-bond acceptors (Lipinski definition) is 3. The number of fused-ring (bicyclic) bond motifs is 1. The quantitative estimate of drug-likeness (QED) is 0.777. The van der Waals surface area contributed by atoms with E-state index in [9.17, 15) is 0 Å². The van der Waals surface area contributed by atoms with Crippen molar-refractivity contribution in [1.82, 2.24) is 4.98 Å². The van der Waals surface area contributed by atoms with Crippen molar-refractivity contribution in [3.05, 3.63) is 66.5 Å². The molecule has 0 saturated carbocycles. The summed E-state index contributed by atoms with van der Waals surface area (Å²) in [6.07, 6.45) is 3.60. The van der Waals surface area contributed by atoms with E-state index < -0.39 is 0 Å². The van der Waals surface area contributed by atoms with Crippen LogP contribution in [0.5, 0.6) is 5.75 Å². The van der Waals surface area contributed by atoms with Crippen molar-refractivity contribution in [2.45, 2.75) is 6.54 Å². The zero-order valence-corrected chi connectivity index (χ0v) is 11.3. The van der Waals surface area contributed by atoms with Crippen LogP contribution in [-0.4, -0.2) is 12.1 Å². The van der Waals surface area contributed by atoms with Crippen molar-refractivity contribution in [1.29, 1.82) is 0 Å². The van der Waals surface area contributed by atoms with Crippen molar-refractivity contribution >= 4 is 16.5 Å². The molecular formula is C17H16N2O. The third-order valence-corrected chi connectivity index (χ3v) is 3.27. The van der Waals surface area contributed by atoms with Gasteiger partial charge in [0.1, 0.15) is 5.75 Å². The van der Waals surface area contributed by atoms with Gasteiger partial charge in [-0.25, -0.2) is 0 Å². The highest BCUT2D eigenvalue weighted by molar-refractivity contribution is 5.84. The van der Waals surface area contributed by atoms with E-state index in [0.717, 1.165) is 18.0 Å². The second kappa shape index (κ2) is 5.61. The van der Waals surface area contributed by atoms with Crippen LogP contribution in [0, 0.1) is 0 Å². The predicted octanol–water partition coefficient (Wildman–Crippen LogP) is 3.86. The Balaban J connectivity index is 1.79. The Bertz CT molecular complexity index is 711. The molecule has 0 fully saturated rings. The van der Waals surface area contributed by atoms with Crippen LogP contribution in [0.1, 0.15) is 5.56 Å². The normalized spacial score (nSPS) is 10.4. The highest BCUT2D eigenvalue weighted by atomic mass is 16.5. The maximum atomic E-state index is 5.24. The van der Waals surface area contributed by atoms with E-state index in [0.29, 0.717) is 0 Å². The van der Waals surface area contributed by atoms with Crippen molar-refractivity contribution in [2.24, 2.45) is 0 Å². The Kier molecular flexibility index (Phi) is 3.50. The summed E-state index contributed by atoms with van der Waals surface area (Å²) < 4.78 is 5.24. The number of nitrogens with zero attached hydrogens (tertiary/aromatic N) is 1. The standard InChI is InChI=1S/C17H16N2O/c1-20-17-7-6-14-9-13(4-5-15(14)10-17)11-19-16-3-2-8-18-12-16/h2-10,12,19H,11H2,1H3. The summed E-state index contributed by atoms with van der Waals surface area (Å²) in [6.45, 7) is 0.785. The summed E-state index contributed by atoms with van der Waals surface area (Å²) in [5, 5.41) is 5.77. The molecule has 0 aliphatic heterocycles. The average molecular weight is 264 g/mol. The minimum atomic E-state index is 0.785. The molecule has 20 heavy (non-hydrogen) atoms. The predicted molar refractivity (Wildman–Crippen MR) is 82.1 cm³/mol. The number of nitrogens with one attached hydrogen (secondary N) is 1. The van der Waals surface area contributed by atoms with E-state index in [1.807, 2.05) is 30.5 Å².